The average molecular weight is 525 g/mol. The normalized spacial score (nSPS) is 15.5. The van der Waals surface area contributed by atoms with Gasteiger partial charge in [-0.1, -0.05) is 18.2 Å². The standard InChI is InChI=1S/C29H32N2O5.ClH/c1-31-12-11-19-21(16-30-29(32)17-9-7-6-8-10-17)27(35-4)28(36-5)26-20-15-24(34-3)23(33-2)14-18(20)13-22(31)25(19)26;/h6-10,14-15,22H,11-13,16H2,1-5H3,(H,30,32);1H/t22-;/m0./s1. The van der Waals surface area contributed by atoms with Crippen LogP contribution in [0.1, 0.15) is 38.7 Å². The van der Waals surface area contributed by atoms with Crippen molar-refractivity contribution in [2.45, 2.75) is 25.4 Å². The number of hydrogen-bond donors (Lipinski definition) is 1. The van der Waals surface area contributed by atoms with Crippen molar-refractivity contribution in [1.82, 2.24) is 10.2 Å². The van der Waals surface area contributed by atoms with E-state index in [4.69, 9.17) is 18.9 Å². The second-order valence-electron chi connectivity index (χ2n) is 9.18. The number of rotatable bonds is 7. The number of ether oxygens (including phenoxy) is 4. The lowest BCUT2D eigenvalue weighted by Crippen LogP contribution is -2.37. The van der Waals surface area contributed by atoms with E-state index in [1.54, 1.807) is 28.4 Å². The lowest BCUT2D eigenvalue weighted by atomic mass is 9.75. The Labute approximate surface area is 224 Å². The zero-order valence-electron chi connectivity index (χ0n) is 21.8. The van der Waals surface area contributed by atoms with Gasteiger partial charge in [0.15, 0.2) is 23.0 Å². The van der Waals surface area contributed by atoms with Gasteiger partial charge in [-0.25, -0.2) is 0 Å². The zero-order chi connectivity index (χ0) is 25.4. The molecule has 1 amide bonds. The van der Waals surface area contributed by atoms with Crippen molar-refractivity contribution in [2.24, 2.45) is 0 Å². The lowest BCUT2D eigenvalue weighted by molar-refractivity contribution is 0.0950. The minimum Gasteiger partial charge on any atom is -0.493 e. The molecule has 0 aromatic heterocycles. The smallest absolute Gasteiger partial charge is 0.251 e. The second-order valence-corrected chi connectivity index (χ2v) is 9.18. The third kappa shape index (κ3) is 4.47. The number of carbonyl (C=O) groups excluding carboxylic acids is 1. The van der Waals surface area contributed by atoms with E-state index in [0.717, 1.165) is 36.1 Å². The molecule has 1 aliphatic heterocycles. The van der Waals surface area contributed by atoms with Crippen LogP contribution in [0.5, 0.6) is 23.0 Å². The third-order valence-electron chi connectivity index (χ3n) is 7.41. The van der Waals surface area contributed by atoms with Gasteiger partial charge in [0.2, 0.25) is 0 Å². The molecule has 5 rings (SSSR count). The van der Waals surface area contributed by atoms with Crippen molar-refractivity contribution in [1.29, 1.82) is 0 Å². The summed E-state index contributed by atoms with van der Waals surface area (Å²) in [6, 6.07) is 13.5. The summed E-state index contributed by atoms with van der Waals surface area (Å²) in [5.74, 6) is 2.60. The van der Waals surface area contributed by atoms with Gasteiger partial charge in [-0.2, -0.15) is 0 Å². The van der Waals surface area contributed by atoms with Crippen LogP contribution in [-0.4, -0.2) is 52.8 Å². The minimum absolute atomic E-state index is 0. The van der Waals surface area contributed by atoms with Gasteiger partial charge in [0, 0.05) is 35.8 Å². The number of carbonyl (C=O) groups is 1. The van der Waals surface area contributed by atoms with Gasteiger partial charge in [0.25, 0.3) is 5.91 Å². The zero-order valence-corrected chi connectivity index (χ0v) is 22.7. The summed E-state index contributed by atoms with van der Waals surface area (Å²) in [5.41, 5.74) is 7.33. The molecule has 8 heteroatoms. The van der Waals surface area contributed by atoms with Crippen molar-refractivity contribution in [3.8, 4) is 34.1 Å². The van der Waals surface area contributed by atoms with Crippen molar-refractivity contribution in [3.63, 3.8) is 0 Å². The van der Waals surface area contributed by atoms with E-state index < -0.39 is 0 Å². The van der Waals surface area contributed by atoms with Crippen molar-refractivity contribution in [3.05, 3.63) is 70.3 Å². The van der Waals surface area contributed by atoms with E-state index in [-0.39, 0.29) is 24.4 Å². The molecule has 0 fully saturated rings. The molecule has 7 nitrogen and oxygen atoms in total. The molecule has 0 saturated carbocycles. The number of benzene rings is 3. The predicted octanol–water partition coefficient (Wildman–Crippen LogP) is 4.82. The summed E-state index contributed by atoms with van der Waals surface area (Å²) < 4.78 is 23.2. The molecule has 1 aliphatic carbocycles. The Bertz CT molecular complexity index is 1310. The Kier molecular flexibility index (Phi) is 7.85. The molecule has 1 atom stereocenters. The first-order valence-electron chi connectivity index (χ1n) is 12.1. The van der Waals surface area contributed by atoms with Crippen LogP contribution in [-0.2, 0) is 19.4 Å². The van der Waals surface area contributed by atoms with Crippen LogP contribution in [0.25, 0.3) is 11.1 Å². The number of hydrogen-bond acceptors (Lipinski definition) is 6. The van der Waals surface area contributed by atoms with Crippen LogP contribution in [0.2, 0.25) is 0 Å². The fourth-order valence-corrected chi connectivity index (χ4v) is 5.66. The number of halogens is 1. The molecule has 1 heterocycles. The number of methoxy groups -OCH3 is 4. The van der Waals surface area contributed by atoms with Gasteiger partial charge < -0.3 is 24.3 Å². The summed E-state index contributed by atoms with van der Waals surface area (Å²) >= 11 is 0. The van der Waals surface area contributed by atoms with Crippen LogP contribution in [0.4, 0.5) is 0 Å². The fraction of sp³-hybridized carbons (Fsp3) is 0.345. The van der Waals surface area contributed by atoms with Crippen LogP contribution < -0.4 is 24.3 Å². The van der Waals surface area contributed by atoms with E-state index >= 15 is 0 Å². The Balaban J connectivity index is 0.00000320. The summed E-state index contributed by atoms with van der Waals surface area (Å²) in [4.78, 5) is 15.3. The Morgan fingerprint density at radius 3 is 2.30 bits per heavy atom. The van der Waals surface area contributed by atoms with Crippen molar-refractivity contribution in [2.75, 3.05) is 42.0 Å². The maximum atomic E-state index is 12.9. The lowest BCUT2D eigenvalue weighted by Gasteiger charge is -2.42. The average Bonchev–Trinajstić information content (AvgIpc) is 2.92. The third-order valence-corrected chi connectivity index (χ3v) is 7.41. The topological polar surface area (TPSA) is 69.3 Å². The van der Waals surface area contributed by atoms with Crippen molar-refractivity contribution >= 4 is 18.3 Å². The van der Waals surface area contributed by atoms with Gasteiger partial charge >= 0.3 is 0 Å². The Morgan fingerprint density at radius 1 is 0.973 bits per heavy atom. The molecule has 1 N–H and O–H groups in total. The van der Waals surface area contributed by atoms with Crippen molar-refractivity contribution < 1.29 is 23.7 Å². The number of nitrogens with zero attached hydrogens (tertiary/aromatic N) is 1. The number of fused-ring (bicyclic) bond motifs is 2. The molecule has 2 aliphatic rings. The first kappa shape index (κ1) is 26.6. The highest BCUT2D eigenvalue weighted by atomic mass is 35.5. The minimum atomic E-state index is -0.117. The number of nitrogens with one attached hydrogen (secondary N) is 1. The highest BCUT2D eigenvalue weighted by Gasteiger charge is 2.39. The number of likely N-dealkylation sites (N-methyl/N-ethyl adjacent to an activating group) is 1. The van der Waals surface area contributed by atoms with E-state index in [0.29, 0.717) is 35.1 Å². The highest BCUT2D eigenvalue weighted by molar-refractivity contribution is 5.94. The van der Waals surface area contributed by atoms with Gasteiger partial charge in [0.1, 0.15) is 0 Å². The summed E-state index contributed by atoms with van der Waals surface area (Å²) in [7, 11) is 8.80. The molecule has 3 aromatic carbocycles. The molecular weight excluding hydrogens is 492 g/mol. The molecule has 0 unspecified atom stereocenters. The number of amides is 1. The molecule has 3 aromatic rings. The van der Waals surface area contributed by atoms with Gasteiger partial charge in [-0.3, -0.25) is 9.69 Å². The van der Waals surface area contributed by atoms with Crippen LogP contribution >= 0.6 is 12.4 Å². The SMILES string of the molecule is COc1cc2c(cc1OC)-c1c(OC)c(OC)c(CNC(=O)c3ccccc3)c3c1[C@H](C2)N(C)CC3.Cl. The quantitative estimate of drug-likeness (QED) is 0.477. The van der Waals surface area contributed by atoms with E-state index in [1.807, 2.05) is 36.4 Å². The first-order chi connectivity index (χ1) is 17.5. The van der Waals surface area contributed by atoms with Crippen LogP contribution in [0.3, 0.4) is 0 Å². The maximum absolute atomic E-state index is 12.9. The summed E-state index contributed by atoms with van der Waals surface area (Å²) in [5, 5.41) is 3.10. The van der Waals surface area contributed by atoms with Gasteiger partial charge in [-0.05, 0) is 66.4 Å². The van der Waals surface area contributed by atoms with Gasteiger partial charge in [0.05, 0.1) is 28.4 Å². The molecule has 196 valence electrons. The highest BCUT2D eigenvalue weighted by Crippen LogP contribution is 2.55. The van der Waals surface area contributed by atoms with Crippen LogP contribution in [0, 0.1) is 0 Å². The molecule has 37 heavy (non-hydrogen) atoms. The molecular formula is C29H33ClN2O5. The monoisotopic (exact) mass is 524 g/mol. The first-order valence-corrected chi connectivity index (χ1v) is 12.1. The van der Waals surface area contributed by atoms with E-state index in [2.05, 4.69) is 23.3 Å². The predicted molar refractivity (Wildman–Crippen MR) is 146 cm³/mol. The summed E-state index contributed by atoms with van der Waals surface area (Å²) in [6.45, 7) is 1.26. The molecule has 0 spiro atoms. The van der Waals surface area contributed by atoms with Gasteiger partial charge in [-0.15, -0.1) is 12.4 Å². The fourth-order valence-electron chi connectivity index (χ4n) is 5.66. The molecule has 0 bridgehead atoms. The molecule has 0 saturated heterocycles. The largest absolute Gasteiger partial charge is 0.493 e. The van der Waals surface area contributed by atoms with E-state index in [9.17, 15) is 4.79 Å². The second kappa shape index (κ2) is 10.9. The summed E-state index contributed by atoms with van der Waals surface area (Å²) in [6.07, 6.45) is 1.70. The van der Waals surface area contributed by atoms with Crippen LogP contribution in [0.15, 0.2) is 42.5 Å². The maximum Gasteiger partial charge on any atom is 0.251 e. The Morgan fingerprint density at radius 2 is 1.65 bits per heavy atom. The molecule has 0 radical (unpaired) electrons. The Hall–Kier alpha value is -3.42. The van der Waals surface area contributed by atoms with E-state index in [1.165, 1.54) is 16.7 Å².